The number of hydrogen-bond donors (Lipinski definition) is 2. The summed E-state index contributed by atoms with van der Waals surface area (Å²) < 4.78 is 5.07. The zero-order valence-corrected chi connectivity index (χ0v) is 18.1. The van der Waals surface area contributed by atoms with Crippen LogP contribution in [0.4, 0.5) is 5.00 Å². The van der Waals surface area contributed by atoms with Gasteiger partial charge in [0.15, 0.2) is 6.61 Å². The summed E-state index contributed by atoms with van der Waals surface area (Å²) in [6.45, 7) is 8.20. The van der Waals surface area contributed by atoms with Crippen LogP contribution in [0.3, 0.4) is 0 Å². The number of fused-ring (bicyclic) bond motifs is 1. The molecule has 0 aromatic carbocycles. The molecule has 0 unspecified atom stereocenters. The van der Waals surface area contributed by atoms with Crippen LogP contribution in [-0.4, -0.2) is 24.0 Å². The van der Waals surface area contributed by atoms with Crippen LogP contribution in [0.25, 0.3) is 0 Å². The molecule has 2 aromatic heterocycles. The Morgan fingerprint density at radius 3 is 2.75 bits per heavy atom. The number of quaternary nitrogens is 1. The molecule has 1 aliphatic rings. The minimum absolute atomic E-state index is 0.0260. The number of hydrogen-bond acceptors (Lipinski definition) is 6. The van der Waals surface area contributed by atoms with E-state index in [0.29, 0.717) is 10.6 Å². The SMILES string of the molecule is CC1(C)Cc2c(sc(NC(=O)COC(=O)Cc3cccs3)c2C#N)C(C)(C)[NH2+]1. The molecule has 0 spiro atoms. The van der Waals surface area contributed by atoms with E-state index in [1.807, 2.05) is 17.5 Å². The van der Waals surface area contributed by atoms with Crippen LogP contribution >= 0.6 is 22.7 Å². The summed E-state index contributed by atoms with van der Waals surface area (Å²) in [5, 5.41) is 17.2. The highest BCUT2D eigenvalue weighted by Gasteiger charge is 2.44. The minimum atomic E-state index is -0.443. The molecule has 0 saturated heterocycles. The summed E-state index contributed by atoms with van der Waals surface area (Å²) >= 11 is 2.91. The molecule has 148 valence electrons. The van der Waals surface area contributed by atoms with Crippen LogP contribution in [0.5, 0.6) is 0 Å². The van der Waals surface area contributed by atoms with Crippen molar-refractivity contribution >= 4 is 39.6 Å². The number of nitrogens with one attached hydrogen (secondary N) is 1. The number of nitrogens with two attached hydrogens (primary N) is 1. The fourth-order valence-corrected chi connectivity index (χ4v) is 5.77. The molecule has 0 atom stereocenters. The Bertz CT molecular complexity index is 937. The molecule has 2 aromatic rings. The van der Waals surface area contributed by atoms with E-state index in [-0.39, 0.29) is 24.1 Å². The molecule has 6 nitrogen and oxygen atoms in total. The van der Waals surface area contributed by atoms with Crippen LogP contribution in [0, 0.1) is 11.3 Å². The molecule has 8 heteroatoms. The Hall–Kier alpha value is -2.21. The number of amides is 1. The number of nitrogens with zero attached hydrogens (tertiary/aromatic N) is 1. The third-order valence-corrected chi connectivity index (χ3v) is 6.97. The molecule has 1 amide bonds. The number of rotatable bonds is 5. The van der Waals surface area contributed by atoms with Gasteiger partial charge in [0.2, 0.25) is 0 Å². The second-order valence-electron chi connectivity index (χ2n) is 8.22. The lowest BCUT2D eigenvalue weighted by molar-refractivity contribution is -0.789. The van der Waals surface area contributed by atoms with Gasteiger partial charge in [0.05, 0.1) is 22.4 Å². The predicted octanol–water partition coefficient (Wildman–Crippen LogP) is 2.54. The first kappa shape index (κ1) is 20.5. The number of nitriles is 1. The van der Waals surface area contributed by atoms with Gasteiger partial charge in [-0.15, -0.1) is 22.7 Å². The first-order valence-corrected chi connectivity index (χ1v) is 10.7. The lowest BCUT2D eigenvalue weighted by atomic mass is 9.81. The second kappa shape index (κ2) is 7.66. The lowest BCUT2D eigenvalue weighted by Crippen LogP contribution is -3.03. The number of carbonyl (C=O) groups excluding carboxylic acids is 2. The summed E-state index contributed by atoms with van der Waals surface area (Å²) in [5.41, 5.74) is 1.33. The molecule has 3 N–H and O–H groups in total. The maximum Gasteiger partial charge on any atom is 0.311 e. The van der Waals surface area contributed by atoms with Gasteiger partial charge in [0, 0.05) is 11.3 Å². The van der Waals surface area contributed by atoms with E-state index < -0.39 is 11.9 Å². The first-order valence-electron chi connectivity index (χ1n) is 9.02. The molecular formula is C20H24N3O3S2+. The van der Waals surface area contributed by atoms with Crippen molar-refractivity contribution < 1.29 is 19.6 Å². The Labute approximate surface area is 172 Å². The van der Waals surface area contributed by atoms with Crippen LogP contribution in [0.2, 0.25) is 0 Å². The number of esters is 1. The highest BCUT2D eigenvalue weighted by Crippen LogP contribution is 2.41. The number of anilines is 1. The molecule has 3 rings (SSSR count). The standard InChI is InChI=1S/C20H23N3O3S2/c1-19(2)9-13-14(10-21)18(28-17(13)20(3,4)23-19)22-15(24)11-26-16(25)8-12-6-5-7-27-12/h5-7,23H,8-9,11H2,1-4H3,(H,22,24)/p+1. The summed E-state index contributed by atoms with van der Waals surface area (Å²) in [6, 6.07) is 5.97. The van der Waals surface area contributed by atoms with Crippen molar-refractivity contribution in [3.8, 4) is 6.07 Å². The van der Waals surface area contributed by atoms with Gasteiger partial charge >= 0.3 is 5.97 Å². The Kier molecular flexibility index (Phi) is 5.62. The average Bonchev–Trinajstić information content (AvgIpc) is 3.19. The monoisotopic (exact) mass is 418 g/mol. The average molecular weight is 419 g/mol. The third kappa shape index (κ3) is 4.43. The third-order valence-electron chi connectivity index (χ3n) is 4.60. The van der Waals surface area contributed by atoms with Crippen LogP contribution in [0.15, 0.2) is 17.5 Å². The normalized spacial score (nSPS) is 16.7. The Morgan fingerprint density at radius 1 is 1.36 bits per heavy atom. The van der Waals surface area contributed by atoms with Gasteiger partial charge in [-0.1, -0.05) is 6.07 Å². The van der Waals surface area contributed by atoms with Gasteiger partial charge in [-0.2, -0.15) is 5.26 Å². The molecular weight excluding hydrogens is 394 g/mol. The van der Waals surface area contributed by atoms with E-state index in [0.717, 1.165) is 21.7 Å². The van der Waals surface area contributed by atoms with Gasteiger partial charge in [-0.05, 0) is 44.7 Å². The highest BCUT2D eigenvalue weighted by molar-refractivity contribution is 7.16. The molecule has 0 radical (unpaired) electrons. The van der Waals surface area contributed by atoms with Crippen LogP contribution < -0.4 is 10.6 Å². The van der Waals surface area contributed by atoms with Crippen molar-refractivity contribution in [2.45, 2.75) is 51.6 Å². The molecule has 1 aliphatic heterocycles. The van der Waals surface area contributed by atoms with Crippen LogP contribution in [0.1, 0.15) is 48.6 Å². The number of ether oxygens (including phenoxy) is 1. The van der Waals surface area contributed by atoms with Crippen molar-refractivity contribution in [3.05, 3.63) is 38.4 Å². The highest BCUT2D eigenvalue weighted by atomic mass is 32.1. The maximum absolute atomic E-state index is 12.3. The quantitative estimate of drug-likeness (QED) is 0.730. The van der Waals surface area contributed by atoms with Crippen molar-refractivity contribution in [1.82, 2.24) is 0 Å². The first-order chi connectivity index (χ1) is 13.1. The summed E-state index contributed by atoms with van der Waals surface area (Å²) in [4.78, 5) is 26.1. The molecule has 3 heterocycles. The Morgan fingerprint density at radius 2 is 2.11 bits per heavy atom. The lowest BCUT2D eigenvalue weighted by Gasteiger charge is -2.38. The van der Waals surface area contributed by atoms with Gasteiger partial charge in [-0.3, -0.25) is 9.59 Å². The van der Waals surface area contributed by atoms with E-state index in [1.54, 1.807) is 0 Å². The minimum Gasteiger partial charge on any atom is -0.455 e. The topological polar surface area (TPSA) is 95.8 Å². The zero-order chi connectivity index (χ0) is 20.5. The molecule has 28 heavy (non-hydrogen) atoms. The Balaban J connectivity index is 1.69. The molecule has 0 saturated carbocycles. The van der Waals surface area contributed by atoms with Crippen molar-refractivity contribution in [1.29, 1.82) is 5.26 Å². The second-order valence-corrected chi connectivity index (χ2v) is 10.3. The predicted molar refractivity (Wildman–Crippen MR) is 109 cm³/mol. The number of thiophene rings is 2. The van der Waals surface area contributed by atoms with Gasteiger partial charge in [0.25, 0.3) is 5.91 Å². The van der Waals surface area contributed by atoms with Crippen molar-refractivity contribution in [2.24, 2.45) is 0 Å². The van der Waals surface area contributed by atoms with E-state index >= 15 is 0 Å². The summed E-state index contributed by atoms with van der Waals surface area (Å²) in [6.07, 6.45) is 0.914. The number of carbonyl (C=O) groups is 2. The van der Waals surface area contributed by atoms with Crippen molar-refractivity contribution in [2.75, 3.05) is 11.9 Å². The van der Waals surface area contributed by atoms with Gasteiger partial charge < -0.3 is 15.4 Å². The van der Waals surface area contributed by atoms with Gasteiger partial charge in [0.1, 0.15) is 16.6 Å². The molecule has 0 fully saturated rings. The smallest absolute Gasteiger partial charge is 0.311 e. The van der Waals surface area contributed by atoms with E-state index in [2.05, 4.69) is 44.4 Å². The van der Waals surface area contributed by atoms with Crippen molar-refractivity contribution in [3.63, 3.8) is 0 Å². The van der Waals surface area contributed by atoms with E-state index in [4.69, 9.17) is 4.74 Å². The largest absolute Gasteiger partial charge is 0.455 e. The summed E-state index contributed by atoms with van der Waals surface area (Å²) in [5.74, 6) is -0.878. The fraction of sp³-hybridized carbons (Fsp3) is 0.450. The maximum atomic E-state index is 12.3. The van der Waals surface area contributed by atoms with E-state index in [9.17, 15) is 14.9 Å². The fourth-order valence-electron chi connectivity index (χ4n) is 3.82. The van der Waals surface area contributed by atoms with Gasteiger partial charge in [-0.25, -0.2) is 0 Å². The van der Waals surface area contributed by atoms with Crippen LogP contribution in [-0.2, 0) is 32.7 Å². The summed E-state index contributed by atoms with van der Waals surface area (Å²) in [7, 11) is 0. The molecule has 0 aliphatic carbocycles. The molecule has 0 bridgehead atoms. The van der Waals surface area contributed by atoms with E-state index in [1.165, 1.54) is 22.7 Å². The zero-order valence-electron chi connectivity index (χ0n) is 16.4.